The fourth-order valence-electron chi connectivity index (χ4n) is 10.8. The molecule has 5 aliphatic rings. The minimum Gasteiger partial charge on any atom is -0.507 e. The number of ketones is 2. The first kappa shape index (κ1) is 70.6. The number of phenolic OH excluding ortho intramolecular Hbond substituents is 2. The van der Waals surface area contributed by atoms with Crippen LogP contribution in [0.3, 0.4) is 0 Å². The van der Waals surface area contributed by atoms with E-state index in [2.05, 4.69) is 52.3 Å². The summed E-state index contributed by atoms with van der Waals surface area (Å²) in [7, 11) is 3.01. The molecule has 3 aliphatic heterocycles. The van der Waals surface area contributed by atoms with E-state index >= 15 is 0 Å². The second-order valence-electron chi connectivity index (χ2n) is 21.7. The maximum atomic E-state index is 13.5. The predicted octanol–water partition coefficient (Wildman–Crippen LogP) is 3.84. The van der Waals surface area contributed by atoms with E-state index in [0.29, 0.717) is 31.6 Å². The van der Waals surface area contributed by atoms with Gasteiger partial charge in [-0.05, 0) is 75.8 Å². The van der Waals surface area contributed by atoms with Crippen molar-refractivity contribution < 1.29 is 72.6 Å². The topological polar surface area (TPSA) is 327 Å². The molecule has 0 saturated carbocycles. The third-order valence-electron chi connectivity index (χ3n) is 15.5. The molecule has 6 unspecified atom stereocenters. The molecule has 0 radical (unpaired) electrons. The number of aliphatic hydroxyl groups is 1. The van der Waals surface area contributed by atoms with Crippen molar-refractivity contribution in [1.82, 2.24) is 36.4 Å². The number of nitrogens with two attached hydrogens (primary N) is 1. The highest BCUT2D eigenvalue weighted by Gasteiger charge is 2.42. The number of hydrogen-bond donors (Lipinski definition) is 9. The molecule has 472 valence electrons. The number of allylic oxidation sites excluding steroid dienone is 3. The van der Waals surface area contributed by atoms with Crippen LogP contribution in [-0.4, -0.2) is 183 Å². The lowest BCUT2D eigenvalue weighted by Crippen LogP contribution is -2.57. The predicted molar refractivity (Wildman–Crippen MR) is 320 cm³/mol. The number of benzene rings is 2. The summed E-state index contributed by atoms with van der Waals surface area (Å²) in [5, 5.41) is 45.6. The average molecular weight is 1190 g/mol. The number of methoxy groups -OCH3 is 2. The zero-order chi connectivity index (χ0) is 63.0. The maximum absolute atomic E-state index is 13.5. The van der Waals surface area contributed by atoms with E-state index < -0.39 is 83.8 Å². The fourth-order valence-corrected chi connectivity index (χ4v) is 10.8. The number of morpholine rings is 1. The number of aliphatic hydroxyl groups excluding tert-OH is 1. The molecule has 10 N–H and O–H groups in total. The van der Waals surface area contributed by atoms with Gasteiger partial charge in [0.2, 0.25) is 35.3 Å². The number of carbonyl (C=O) groups excluding carboxylic acids is 8. The SMILES string of the molecule is CC.CC.CCCCC(C)(C)C/C=C\C=C(/N)C(=O)NCCC(=O)NCC(=O)NCC(=O)N1CCCC1C(=O)NCCNC(=O)C1CCc2c(O)c3c(c(O)c2C1)C(=O)c1cccc(OC)c1C3=O.COC1CN(C2CCOC(C)C2O)CCO1. The van der Waals surface area contributed by atoms with Crippen molar-refractivity contribution in [3.63, 3.8) is 0 Å². The van der Waals surface area contributed by atoms with Gasteiger partial charge in [0, 0.05) is 88.1 Å². The van der Waals surface area contributed by atoms with Crippen molar-refractivity contribution in [2.24, 2.45) is 17.1 Å². The van der Waals surface area contributed by atoms with E-state index in [1.165, 1.54) is 30.2 Å². The summed E-state index contributed by atoms with van der Waals surface area (Å²) in [5.41, 5.74) is 5.96. The Morgan fingerprint density at radius 2 is 1.49 bits per heavy atom. The summed E-state index contributed by atoms with van der Waals surface area (Å²) < 4.78 is 21.3. The molecule has 3 saturated heterocycles. The molecule has 0 aromatic heterocycles. The van der Waals surface area contributed by atoms with Crippen LogP contribution in [0.2, 0.25) is 0 Å². The lowest BCUT2D eigenvalue weighted by Gasteiger charge is -2.43. The molecule has 3 fully saturated rings. The molecule has 3 heterocycles. The number of hydrogen-bond acceptors (Lipinski definition) is 17. The van der Waals surface area contributed by atoms with Gasteiger partial charge in [-0.2, -0.15) is 0 Å². The zero-order valence-corrected chi connectivity index (χ0v) is 51.5. The number of phenols is 2. The zero-order valence-electron chi connectivity index (χ0n) is 51.5. The van der Waals surface area contributed by atoms with Crippen LogP contribution in [0.1, 0.15) is 156 Å². The first-order chi connectivity index (χ1) is 40.7. The second kappa shape index (κ2) is 34.9. The third-order valence-corrected chi connectivity index (χ3v) is 15.5. The number of rotatable bonds is 22. The standard InChI is InChI=1S/C47H61N7O11.C11H21NO4.2C2H6/c1-5-6-18-47(2,3)19-8-7-12-31(48)45(63)49-20-17-34(55)52-25-35(56)53-26-36(57)54-23-10-13-32(54)46(64)51-22-21-50-44(62)27-15-16-28-30(24-27)42(60)38-39(40(28)58)43(61)37-29(41(38)59)11-9-14-33(37)65-4;1-8-11(13)9(3-5-15-8)12-4-6-16-10(7-12)14-2;2*1-2/h7-9,11-12,14,27,32,58,60H,5-6,10,13,15-26,48H2,1-4H3,(H,49,63)(H,50,62)(H,51,64)(H,52,55)(H,53,56);8-11,13H,3-7H2,1-2H3;2*1-2H3/b8-7-,31-12-;;;. The number of nitrogens with one attached hydrogen (secondary N) is 5. The first-order valence-corrected chi connectivity index (χ1v) is 30.0. The van der Waals surface area contributed by atoms with Gasteiger partial charge in [-0.15, -0.1) is 0 Å². The van der Waals surface area contributed by atoms with E-state index in [-0.39, 0.29) is 114 Å². The molecule has 0 bridgehead atoms. The Bertz CT molecular complexity index is 2690. The van der Waals surface area contributed by atoms with Gasteiger partial charge in [0.05, 0.1) is 61.4 Å². The van der Waals surface area contributed by atoms with Crippen LogP contribution >= 0.6 is 0 Å². The molecule has 85 heavy (non-hydrogen) atoms. The Kier molecular flexibility index (Phi) is 29.0. The highest BCUT2D eigenvalue weighted by molar-refractivity contribution is 6.31. The fraction of sp³-hybridized carbons (Fsp3) is 0.613. The Balaban J connectivity index is 0.000000655. The molecule has 6 amide bonds. The Morgan fingerprint density at radius 3 is 2.19 bits per heavy atom. The molecule has 2 aromatic carbocycles. The van der Waals surface area contributed by atoms with Crippen molar-refractivity contribution >= 4 is 47.0 Å². The first-order valence-electron chi connectivity index (χ1n) is 30.0. The van der Waals surface area contributed by atoms with Crippen LogP contribution < -0.4 is 37.1 Å². The van der Waals surface area contributed by atoms with Gasteiger partial charge in [-0.25, -0.2) is 0 Å². The number of carbonyl (C=O) groups is 8. The smallest absolute Gasteiger partial charge is 0.267 e. The van der Waals surface area contributed by atoms with Gasteiger partial charge in [0.1, 0.15) is 23.3 Å². The monoisotopic (exact) mass is 1190 g/mol. The van der Waals surface area contributed by atoms with Gasteiger partial charge in [0.15, 0.2) is 12.1 Å². The summed E-state index contributed by atoms with van der Waals surface area (Å²) in [4.78, 5) is 107. The quantitative estimate of drug-likeness (QED) is 0.0299. The van der Waals surface area contributed by atoms with Crippen molar-refractivity contribution in [3.8, 4) is 17.2 Å². The number of likely N-dealkylation sites (tertiary alicyclic amines) is 1. The lowest BCUT2D eigenvalue weighted by atomic mass is 9.75. The molecule has 0 spiro atoms. The molecular weight excluding hydrogens is 1100 g/mol. The van der Waals surface area contributed by atoms with Crippen molar-refractivity contribution in [2.75, 3.05) is 79.8 Å². The van der Waals surface area contributed by atoms with Gasteiger partial charge in [-0.3, -0.25) is 43.3 Å². The molecule has 6 atom stereocenters. The maximum Gasteiger partial charge on any atom is 0.267 e. The highest BCUT2D eigenvalue weighted by atomic mass is 16.7. The van der Waals surface area contributed by atoms with Gasteiger partial charge in [0.25, 0.3) is 5.91 Å². The van der Waals surface area contributed by atoms with Crippen LogP contribution in [0.15, 0.2) is 42.1 Å². The lowest BCUT2D eigenvalue weighted by molar-refractivity contribution is -0.190. The number of nitrogens with zero attached hydrogens (tertiary/aromatic N) is 2. The van der Waals surface area contributed by atoms with Crippen LogP contribution in [0.25, 0.3) is 0 Å². The average Bonchev–Trinajstić information content (AvgIpc) is 3.92. The number of amides is 6. The van der Waals surface area contributed by atoms with E-state index in [1.54, 1.807) is 19.3 Å². The van der Waals surface area contributed by atoms with E-state index in [0.717, 1.165) is 51.8 Å². The van der Waals surface area contributed by atoms with Crippen molar-refractivity contribution in [3.05, 3.63) is 75.5 Å². The highest BCUT2D eigenvalue weighted by Crippen LogP contribution is 2.47. The summed E-state index contributed by atoms with van der Waals surface area (Å²) in [6, 6.07) is 3.91. The van der Waals surface area contributed by atoms with Crippen LogP contribution in [-0.2, 0) is 55.8 Å². The molecule has 23 nitrogen and oxygen atoms in total. The Labute approximate surface area is 500 Å². The van der Waals surface area contributed by atoms with Crippen molar-refractivity contribution in [2.45, 2.75) is 157 Å². The minimum atomic E-state index is -0.785. The third kappa shape index (κ3) is 19.3. The van der Waals surface area contributed by atoms with Gasteiger partial charge >= 0.3 is 0 Å². The second-order valence-corrected chi connectivity index (χ2v) is 21.7. The normalized spacial score (nSPS) is 21.0. The Hall–Kier alpha value is -6.92. The molecule has 23 heteroatoms. The van der Waals surface area contributed by atoms with Crippen LogP contribution in [0, 0.1) is 11.3 Å². The summed E-state index contributed by atoms with van der Waals surface area (Å²) in [5.74, 6) is -5.53. The van der Waals surface area contributed by atoms with Gasteiger partial charge < -0.3 is 71.5 Å². The summed E-state index contributed by atoms with van der Waals surface area (Å²) >= 11 is 0. The molecular formula is C62H94N8O15. The minimum absolute atomic E-state index is 0.000866. The van der Waals surface area contributed by atoms with Crippen LogP contribution in [0.4, 0.5) is 0 Å². The van der Waals surface area contributed by atoms with E-state index in [4.69, 9.17) is 24.7 Å². The Morgan fingerprint density at radius 1 is 0.812 bits per heavy atom. The van der Waals surface area contributed by atoms with Gasteiger partial charge in [-0.1, -0.05) is 85.6 Å². The largest absolute Gasteiger partial charge is 0.507 e. The summed E-state index contributed by atoms with van der Waals surface area (Å²) in [6.45, 7) is 19.0. The number of ether oxygens (including phenoxy) is 4. The summed E-state index contributed by atoms with van der Waals surface area (Å²) in [6.07, 6.45) is 11.0. The molecule has 2 aliphatic carbocycles. The number of fused-ring (bicyclic) bond motifs is 3. The van der Waals surface area contributed by atoms with E-state index in [1.807, 2.05) is 40.7 Å². The van der Waals surface area contributed by atoms with E-state index in [9.17, 15) is 53.7 Å². The van der Waals surface area contributed by atoms with Crippen molar-refractivity contribution in [1.29, 1.82) is 0 Å². The van der Waals surface area contributed by atoms with Crippen LogP contribution in [0.5, 0.6) is 17.2 Å². The number of aromatic hydroxyl groups is 2. The number of unbranched alkanes of at least 4 members (excludes halogenated alkanes) is 1. The molecule has 2 aromatic rings. The molecule has 7 rings (SSSR count).